The molecule has 0 aromatic rings. The minimum Gasteiger partial charge on any atom is -0.365 e. The highest BCUT2D eigenvalue weighted by atomic mass is 16.5. The van der Waals surface area contributed by atoms with Crippen LogP contribution in [0.5, 0.6) is 0 Å². The fraction of sp³-hybridized carbons (Fsp3) is 0.889. The molecule has 1 aliphatic rings. The van der Waals surface area contributed by atoms with E-state index in [9.17, 15) is 15.0 Å². The van der Waals surface area contributed by atoms with Crippen LogP contribution in [0.2, 0.25) is 0 Å². The van der Waals surface area contributed by atoms with Crippen molar-refractivity contribution in [2.24, 2.45) is 0 Å². The predicted octanol–water partition coefficient (Wildman–Crippen LogP) is 0.0898. The van der Waals surface area contributed by atoms with Crippen molar-refractivity contribution in [3.05, 3.63) is 0 Å². The van der Waals surface area contributed by atoms with Gasteiger partial charge in [-0.25, -0.2) is 0 Å². The molecule has 2 N–H and O–H groups in total. The molecule has 0 atom stereocenters. The molecule has 1 rings (SSSR count). The van der Waals surface area contributed by atoms with Crippen LogP contribution in [0.4, 0.5) is 0 Å². The van der Waals surface area contributed by atoms with E-state index in [1.165, 1.54) is 0 Å². The van der Waals surface area contributed by atoms with Crippen molar-refractivity contribution in [1.29, 1.82) is 0 Å². The molecule has 0 aromatic heterocycles. The van der Waals surface area contributed by atoms with Crippen molar-refractivity contribution in [2.75, 3.05) is 13.1 Å². The first-order valence-electron chi connectivity index (χ1n) is 4.78. The number of likely N-dealkylation sites (tertiary alicyclic amines) is 1. The maximum absolute atomic E-state index is 11.4. The number of hydrogen-bond donors (Lipinski definition) is 2. The summed E-state index contributed by atoms with van der Waals surface area (Å²) in [6.07, 6.45) is 1.94. The first-order chi connectivity index (χ1) is 6.05. The average Bonchev–Trinajstić information content (AvgIpc) is 2.04. The number of aliphatic hydroxyl groups is 2. The third-order valence-electron chi connectivity index (χ3n) is 2.38. The van der Waals surface area contributed by atoms with Gasteiger partial charge in [0, 0.05) is 32.4 Å². The zero-order chi connectivity index (χ0) is 9.90. The first kappa shape index (κ1) is 10.5. The minimum absolute atomic E-state index is 0.123. The molecule has 1 heterocycles. The number of nitrogens with zero attached hydrogens (tertiary/aromatic N) is 1. The summed E-state index contributed by atoms with van der Waals surface area (Å²) in [4.78, 5) is 13.1. The summed E-state index contributed by atoms with van der Waals surface area (Å²) in [6.45, 7) is 2.89. The zero-order valence-electron chi connectivity index (χ0n) is 7.99. The summed E-state index contributed by atoms with van der Waals surface area (Å²) < 4.78 is 0. The maximum atomic E-state index is 11.4. The SMILES string of the molecule is CCCC(=O)N1CCC(O)(O)CC1. The molecule has 1 aliphatic heterocycles. The number of rotatable bonds is 2. The van der Waals surface area contributed by atoms with Gasteiger partial charge in [0.25, 0.3) is 0 Å². The van der Waals surface area contributed by atoms with Crippen LogP contribution < -0.4 is 0 Å². The standard InChI is InChI=1S/C9H17NO3/c1-2-3-8(11)10-6-4-9(12,13)5-7-10/h12-13H,2-7H2,1H3. The molecule has 1 fully saturated rings. The fourth-order valence-electron chi connectivity index (χ4n) is 1.49. The van der Waals surface area contributed by atoms with Gasteiger partial charge in [-0.2, -0.15) is 0 Å². The monoisotopic (exact) mass is 187 g/mol. The molecular formula is C9H17NO3. The van der Waals surface area contributed by atoms with E-state index in [-0.39, 0.29) is 18.7 Å². The zero-order valence-corrected chi connectivity index (χ0v) is 7.99. The Morgan fingerprint density at radius 2 is 1.92 bits per heavy atom. The molecular weight excluding hydrogens is 170 g/mol. The molecule has 0 radical (unpaired) electrons. The van der Waals surface area contributed by atoms with Gasteiger partial charge in [-0.15, -0.1) is 0 Å². The van der Waals surface area contributed by atoms with Crippen LogP contribution in [0.15, 0.2) is 0 Å². The molecule has 1 saturated heterocycles. The molecule has 0 aliphatic carbocycles. The lowest BCUT2D eigenvalue weighted by Crippen LogP contribution is -2.46. The molecule has 0 aromatic carbocycles. The topological polar surface area (TPSA) is 60.8 Å². The average molecular weight is 187 g/mol. The lowest BCUT2D eigenvalue weighted by Gasteiger charge is -2.34. The van der Waals surface area contributed by atoms with E-state index >= 15 is 0 Å². The predicted molar refractivity (Wildman–Crippen MR) is 47.9 cm³/mol. The quantitative estimate of drug-likeness (QED) is 0.602. The van der Waals surface area contributed by atoms with Crippen molar-refractivity contribution in [3.63, 3.8) is 0 Å². The van der Waals surface area contributed by atoms with Gasteiger partial charge in [-0.1, -0.05) is 6.92 Å². The van der Waals surface area contributed by atoms with Gasteiger partial charge in [0.1, 0.15) is 0 Å². The number of amides is 1. The van der Waals surface area contributed by atoms with Gasteiger partial charge in [-0.3, -0.25) is 4.79 Å². The summed E-state index contributed by atoms with van der Waals surface area (Å²) in [5.41, 5.74) is 0. The molecule has 0 unspecified atom stereocenters. The van der Waals surface area contributed by atoms with Gasteiger partial charge in [0.05, 0.1) is 0 Å². The van der Waals surface area contributed by atoms with Crippen molar-refractivity contribution < 1.29 is 15.0 Å². The maximum Gasteiger partial charge on any atom is 0.222 e. The van der Waals surface area contributed by atoms with Crippen molar-refractivity contribution in [1.82, 2.24) is 4.90 Å². The van der Waals surface area contributed by atoms with E-state index in [1.807, 2.05) is 6.92 Å². The Morgan fingerprint density at radius 3 is 2.38 bits per heavy atom. The summed E-state index contributed by atoms with van der Waals surface area (Å²) in [5.74, 6) is -1.43. The summed E-state index contributed by atoms with van der Waals surface area (Å²) in [5, 5.41) is 18.4. The van der Waals surface area contributed by atoms with E-state index in [4.69, 9.17) is 0 Å². The van der Waals surface area contributed by atoms with Crippen molar-refractivity contribution in [2.45, 2.75) is 38.4 Å². The van der Waals surface area contributed by atoms with E-state index < -0.39 is 5.79 Å². The van der Waals surface area contributed by atoms with Gasteiger partial charge in [0.2, 0.25) is 5.91 Å². The van der Waals surface area contributed by atoms with E-state index in [2.05, 4.69) is 0 Å². The molecule has 0 bridgehead atoms. The Labute approximate surface area is 78.2 Å². The highest BCUT2D eigenvalue weighted by molar-refractivity contribution is 5.76. The normalized spacial score (nSPS) is 21.6. The third-order valence-corrected chi connectivity index (χ3v) is 2.38. The summed E-state index contributed by atoms with van der Waals surface area (Å²) >= 11 is 0. The number of hydrogen-bond acceptors (Lipinski definition) is 3. The minimum atomic E-state index is -1.55. The lowest BCUT2D eigenvalue weighted by molar-refractivity contribution is -0.190. The van der Waals surface area contributed by atoms with Crippen LogP contribution in [-0.2, 0) is 4.79 Å². The van der Waals surface area contributed by atoms with E-state index in [0.717, 1.165) is 6.42 Å². The molecule has 0 spiro atoms. The molecule has 1 amide bonds. The Kier molecular flexibility index (Phi) is 3.27. The van der Waals surface area contributed by atoms with Crippen LogP contribution in [0.25, 0.3) is 0 Å². The first-order valence-corrected chi connectivity index (χ1v) is 4.78. The van der Waals surface area contributed by atoms with Gasteiger partial charge in [-0.05, 0) is 6.42 Å². The molecule has 4 heteroatoms. The Balaban J connectivity index is 2.36. The number of carbonyl (C=O) groups is 1. The van der Waals surface area contributed by atoms with Gasteiger partial charge < -0.3 is 15.1 Å². The molecule has 13 heavy (non-hydrogen) atoms. The van der Waals surface area contributed by atoms with Crippen LogP contribution in [0.3, 0.4) is 0 Å². The fourth-order valence-corrected chi connectivity index (χ4v) is 1.49. The van der Waals surface area contributed by atoms with Gasteiger partial charge >= 0.3 is 0 Å². The van der Waals surface area contributed by atoms with Crippen LogP contribution in [-0.4, -0.2) is 39.9 Å². The van der Waals surface area contributed by atoms with E-state index in [0.29, 0.717) is 19.5 Å². The summed E-state index contributed by atoms with van der Waals surface area (Å²) in [7, 11) is 0. The van der Waals surface area contributed by atoms with Gasteiger partial charge in [0.15, 0.2) is 5.79 Å². The second-order valence-corrected chi connectivity index (χ2v) is 3.61. The van der Waals surface area contributed by atoms with Crippen LogP contribution in [0.1, 0.15) is 32.6 Å². The highest BCUT2D eigenvalue weighted by Gasteiger charge is 2.30. The molecule has 0 saturated carbocycles. The van der Waals surface area contributed by atoms with Crippen LogP contribution >= 0.6 is 0 Å². The van der Waals surface area contributed by atoms with Crippen molar-refractivity contribution in [3.8, 4) is 0 Å². The Hall–Kier alpha value is -0.610. The highest BCUT2D eigenvalue weighted by Crippen LogP contribution is 2.19. The number of carbonyl (C=O) groups excluding carboxylic acids is 1. The largest absolute Gasteiger partial charge is 0.365 e. The third kappa shape index (κ3) is 2.97. The Morgan fingerprint density at radius 1 is 1.38 bits per heavy atom. The molecule has 76 valence electrons. The second kappa shape index (κ2) is 4.07. The number of piperidine rings is 1. The van der Waals surface area contributed by atoms with E-state index in [1.54, 1.807) is 4.90 Å². The molecule has 4 nitrogen and oxygen atoms in total. The Bertz CT molecular complexity index is 181. The lowest BCUT2D eigenvalue weighted by atomic mass is 10.0. The van der Waals surface area contributed by atoms with Crippen LogP contribution in [0, 0.1) is 0 Å². The van der Waals surface area contributed by atoms with Crippen molar-refractivity contribution >= 4 is 5.91 Å². The second-order valence-electron chi connectivity index (χ2n) is 3.61. The summed E-state index contributed by atoms with van der Waals surface area (Å²) in [6, 6.07) is 0. The smallest absolute Gasteiger partial charge is 0.222 e.